The van der Waals surface area contributed by atoms with E-state index in [0.717, 1.165) is 35.4 Å². The standard InChI is InChI=1S/C23H27N5O2/c1-16-12-17(2)14-19(13-16)23(30)27-10-5-6-18(15-27)22(29)24-9-8-21-26-25-20-7-3-4-11-28(20)21/h3-4,7,11-14,18H,5-6,8-10,15H2,1-2H3,(H,24,29)/t18-/m1/s1. The molecule has 1 aromatic carbocycles. The second-order valence-corrected chi connectivity index (χ2v) is 8.05. The molecule has 1 fully saturated rings. The number of likely N-dealkylation sites (tertiary alicyclic amines) is 1. The predicted octanol–water partition coefficient (Wildman–Crippen LogP) is 2.56. The number of nitrogens with zero attached hydrogens (tertiary/aromatic N) is 4. The number of fused-ring (bicyclic) bond motifs is 1. The van der Waals surface area contributed by atoms with Crippen LogP contribution in [0.5, 0.6) is 0 Å². The van der Waals surface area contributed by atoms with Crippen LogP contribution in [0.4, 0.5) is 0 Å². The van der Waals surface area contributed by atoms with Crippen LogP contribution in [0.15, 0.2) is 42.6 Å². The number of rotatable bonds is 5. The molecular formula is C23H27N5O2. The number of aryl methyl sites for hydroxylation is 2. The highest BCUT2D eigenvalue weighted by atomic mass is 16.2. The van der Waals surface area contributed by atoms with Crippen LogP contribution in [0.3, 0.4) is 0 Å². The van der Waals surface area contributed by atoms with Crippen molar-refractivity contribution >= 4 is 17.5 Å². The molecule has 7 heteroatoms. The lowest BCUT2D eigenvalue weighted by Crippen LogP contribution is -2.45. The Bertz CT molecular complexity index is 1050. The lowest BCUT2D eigenvalue weighted by atomic mass is 9.96. The Labute approximate surface area is 176 Å². The highest BCUT2D eigenvalue weighted by Gasteiger charge is 2.29. The molecule has 4 rings (SSSR count). The molecule has 2 aromatic heterocycles. The van der Waals surface area contributed by atoms with Gasteiger partial charge in [-0.2, -0.15) is 0 Å². The van der Waals surface area contributed by atoms with Crippen molar-refractivity contribution in [2.75, 3.05) is 19.6 Å². The first kappa shape index (κ1) is 20.1. The minimum absolute atomic E-state index is 0.00161. The SMILES string of the molecule is Cc1cc(C)cc(C(=O)N2CCC[C@@H](C(=O)NCCc3nnc4ccccn34)C2)c1. The third-order valence-electron chi connectivity index (χ3n) is 5.58. The summed E-state index contributed by atoms with van der Waals surface area (Å²) in [6.07, 6.45) is 4.17. The van der Waals surface area contributed by atoms with Crippen LogP contribution in [0.1, 0.15) is 40.2 Å². The van der Waals surface area contributed by atoms with Gasteiger partial charge in [0.2, 0.25) is 5.91 Å². The second kappa shape index (κ2) is 8.65. The summed E-state index contributed by atoms with van der Waals surface area (Å²) in [5, 5.41) is 11.3. The molecule has 0 bridgehead atoms. The van der Waals surface area contributed by atoms with E-state index in [1.807, 2.05) is 59.7 Å². The third-order valence-corrected chi connectivity index (χ3v) is 5.58. The van der Waals surface area contributed by atoms with Crippen molar-refractivity contribution in [3.05, 3.63) is 65.1 Å². The number of nitrogens with one attached hydrogen (secondary N) is 1. The summed E-state index contributed by atoms with van der Waals surface area (Å²) in [6, 6.07) is 11.6. The zero-order valence-electron chi connectivity index (χ0n) is 17.5. The number of hydrogen-bond donors (Lipinski definition) is 1. The predicted molar refractivity (Wildman–Crippen MR) is 114 cm³/mol. The van der Waals surface area contributed by atoms with Crippen LogP contribution in [-0.2, 0) is 11.2 Å². The van der Waals surface area contributed by atoms with E-state index in [-0.39, 0.29) is 17.7 Å². The zero-order chi connectivity index (χ0) is 21.1. The molecule has 1 atom stereocenters. The smallest absolute Gasteiger partial charge is 0.253 e. The number of aromatic nitrogens is 3. The molecule has 2 amide bonds. The lowest BCUT2D eigenvalue weighted by Gasteiger charge is -2.32. The van der Waals surface area contributed by atoms with E-state index in [0.29, 0.717) is 31.6 Å². The molecule has 1 saturated heterocycles. The summed E-state index contributed by atoms with van der Waals surface area (Å²) in [6.45, 7) is 5.65. The average molecular weight is 406 g/mol. The highest BCUT2D eigenvalue weighted by Crippen LogP contribution is 2.20. The maximum absolute atomic E-state index is 12.9. The fourth-order valence-corrected chi connectivity index (χ4v) is 4.16. The lowest BCUT2D eigenvalue weighted by molar-refractivity contribution is -0.126. The van der Waals surface area contributed by atoms with Gasteiger partial charge in [-0.25, -0.2) is 0 Å². The van der Waals surface area contributed by atoms with Crippen LogP contribution in [0.2, 0.25) is 0 Å². The maximum atomic E-state index is 12.9. The molecule has 0 unspecified atom stereocenters. The van der Waals surface area contributed by atoms with Gasteiger partial charge in [-0.1, -0.05) is 23.3 Å². The van der Waals surface area contributed by atoms with Crippen molar-refractivity contribution in [2.24, 2.45) is 5.92 Å². The van der Waals surface area contributed by atoms with Gasteiger partial charge in [0.05, 0.1) is 5.92 Å². The monoisotopic (exact) mass is 405 g/mol. The first-order valence-electron chi connectivity index (χ1n) is 10.4. The number of piperidine rings is 1. The van der Waals surface area contributed by atoms with Crippen molar-refractivity contribution in [2.45, 2.75) is 33.1 Å². The van der Waals surface area contributed by atoms with Gasteiger partial charge in [0.1, 0.15) is 5.82 Å². The first-order valence-corrected chi connectivity index (χ1v) is 10.4. The Morgan fingerprint density at radius 2 is 1.93 bits per heavy atom. The van der Waals surface area contributed by atoms with Gasteiger partial charge in [0.15, 0.2) is 5.65 Å². The summed E-state index contributed by atoms with van der Waals surface area (Å²) >= 11 is 0. The number of pyridine rings is 1. The van der Waals surface area contributed by atoms with Gasteiger partial charge in [-0.05, 0) is 51.0 Å². The van der Waals surface area contributed by atoms with Crippen LogP contribution >= 0.6 is 0 Å². The van der Waals surface area contributed by atoms with E-state index < -0.39 is 0 Å². The van der Waals surface area contributed by atoms with Gasteiger partial charge >= 0.3 is 0 Å². The summed E-state index contributed by atoms with van der Waals surface area (Å²) in [5.41, 5.74) is 3.65. The van der Waals surface area contributed by atoms with Crippen molar-refractivity contribution in [1.82, 2.24) is 24.8 Å². The minimum atomic E-state index is -0.177. The van der Waals surface area contributed by atoms with E-state index in [9.17, 15) is 9.59 Å². The Balaban J connectivity index is 1.33. The topological polar surface area (TPSA) is 79.6 Å². The molecule has 0 aliphatic carbocycles. The molecule has 30 heavy (non-hydrogen) atoms. The van der Waals surface area contributed by atoms with Gasteiger partial charge in [-0.3, -0.25) is 14.0 Å². The molecule has 7 nitrogen and oxygen atoms in total. The van der Waals surface area contributed by atoms with E-state index in [4.69, 9.17) is 0 Å². The molecule has 0 radical (unpaired) electrons. The minimum Gasteiger partial charge on any atom is -0.355 e. The van der Waals surface area contributed by atoms with Crippen molar-refractivity contribution < 1.29 is 9.59 Å². The average Bonchev–Trinajstić information content (AvgIpc) is 3.16. The van der Waals surface area contributed by atoms with E-state index >= 15 is 0 Å². The van der Waals surface area contributed by atoms with E-state index in [1.165, 1.54) is 0 Å². The van der Waals surface area contributed by atoms with Gasteiger partial charge < -0.3 is 10.2 Å². The molecule has 1 aliphatic heterocycles. The molecule has 3 aromatic rings. The van der Waals surface area contributed by atoms with Crippen molar-refractivity contribution in [3.8, 4) is 0 Å². The molecular weight excluding hydrogens is 378 g/mol. The molecule has 0 spiro atoms. The second-order valence-electron chi connectivity index (χ2n) is 8.05. The quantitative estimate of drug-likeness (QED) is 0.708. The fraction of sp³-hybridized carbons (Fsp3) is 0.391. The molecule has 3 heterocycles. The fourth-order valence-electron chi connectivity index (χ4n) is 4.16. The summed E-state index contributed by atoms with van der Waals surface area (Å²) in [4.78, 5) is 27.5. The summed E-state index contributed by atoms with van der Waals surface area (Å²) in [5.74, 6) is 0.654. The van der Waals surface area contributed by atoms with Gasteiger partial charge in [0, 0.05) is 37.8 Å². The Morgan fingerprint density at radius 1 is 1.13 bits per heavy atom. The maximum Gasteiger partial charge on any atom is 0.253 e. The van der Waals surface area contributed by atoms with Crippen molar-refractivity contribution in [1.29, 1.82) is 0 Å². The molecule has 0 saturated carbocycles. The third kappa shape index (κ3) is 4.35. The Hall–Kier alpha value is -3.22. The molecule has 1 N–H and O–H groups in total. The van der Waals surface area contributed by atoms with Crippen molar-refractivity contribution in [3.63, 3.8) is 0 Å². The number of amides is 2. The molecule has 156 valence electrons. The highest BCUT2D eigenvalue weighted by molar-refractivity contribution is 5.95. The number of hydrogen-bond acceptors (Lipinski definition) is 4. The number of carbonyl (C=O) groups excluding carboxylic acids is 2. The van der Waals surface area contributed by atoms with Gasteiger partial charge in [-0.15, -0.1) is 10.2 Å². The first-order chi connectivity index (χ1) is 14.5. The number of benzene rings is 1. The normalized spacial score (nSPS) is 16.6. The number of carbonyl (C=O) groups is 2. The van der Waals surface area contributed by atoms with E-state index in [2.05, 4.69) is 21.6 Å². The van der Waals surface area contributed by atoms with Gasteiger partial charge in [0.25, 0.3) is 5.91 Å². The Kier molecular flexibility index (Phi) is 5.79. The Morgan fingerprint density at radius 3 is 2.73 bits per heavy atom. The van der Waals surface area contributed by atoms with Crippen LogP contribution < -0.4 is 5.32 Å². The summed E-state index contributed by atoms with van der Waals surface area (Å²) < 4.78 is 1.93. The molecule has 1 aliphatic rings. The zero-order valence-corrected chi connectivity index (χ0v) is 17.5. The van der Waals surface area contributed by atoms with Crippen LogP contribution in [-0.4, -0.2) is 50.9 Å². The summed E-state index contributed by atoms with van der Waals surface area (Å²) in [7, 11) is 0. The van der Waals surface area contributed by atoms with Crippen LogP contribution in [0.25, 0.3) is 5.65 Å². The van der Waals surface area contributed by atoms with E-state index in [1.54, 1.807) is 0 Å². The largest absolute Gasteiger partial charge is 0.355 e. The van der Waals surface area contributed by atoms with Crippen LogP contribution in [0, 0.1) is 19.8 Å².